The van der Waals surface area contributed by atoms with Gasteiger partial charge in [-0.15, -0.1) is 0 Å². The lowest BCUT2D eigenvalue weighted by Gasteiger charge is -2.24. The predicted octanol–water partition coefficient (Wildman–Crippen LogP) is 5.84. The van der Waals surface area contributed by atoms with E-state index < -0.39 is 23.2 Å². The number of furan rings is 1. The van der Waals surface area contributed by atoms with Crippen molar-refractivity contribution in [3.8, 4) is 5.75 Å². The summed E-state index contributed by atoms with van der Waals surface area (Å²) in [5.74, 6) is 0.303. The topological polar surface area (TPSA) is 72.9 Å². The fourth-order valence-corrected chi connectivity index (χ4v) is 4.36. The summed E-state index contributed by atoms with van der Waals surface area (Å²) >= 11 is 0. The molecule has 0 saturated carbocycles. The standard InChI is InChI=1S/C27H24FNO5/c1-2-3-4-13-32-19-10-7-17(8-11-19)24-23-25(30)21-15-18(28)9-12-22(21)34-26(23)27(31)29(24)16-20-6-5-14-33-20/h5-12,14-15,24H,2-4,13,16H2,1H3. The van der Waals surface area contributed by atoms with Crippen LogP contribution in [0, 0.1) is 5.82 Å². The second-order valence-corrected chi connectivity index (χ2v) is 8.35. The summed E-state index contributed by atoms with van der Waals surface area (Å²) in [4.78, 5) is 28.4. The molecule has 0 N–H and O–H groups in total. The maximum Gasteiger partial charge on any atom is 0.291 e. The van der Waals surface area contributed by atoms with Gasteiger partial charge in [-0.05, 0) is 54.4 Å². The molecule has 1 amide bonds. The second kappa shape index (κ2) is 9.17. The highest BCUT2D eigenvalue weighted by Gasteiger charge is 2.43. The van der Waals surface area contributed by atoms with Gasteiger partial charge in [0.2, 0.25) is 5.76 Å². The number of rotatable bonds is 8. The zero-order chi connectivity index (χ0) is 23.7. The Morgan fingerprint density at radius 1 is 1.06 bits per heavy atom. The van der Waals surface area contributed by atoms with Crippen molar-refractivity contribution in [2.45, 2.75) is 38.8 Å². The van der Waals surface area contributed by atoms with Crippen molar-refractivity contribution in [1.29, 1.82) is 0 Å². The Hall–Kier alpha value is -3.87. The summed E-state index contributed by atoms with van der Waals surface area (Å²) in [6.45, 7) is 2.92. The monoisotopic (exact) mass is 461 g/mol. The molecule has 0 fully saturated rings. The SMILES string of the molecule is CCCCCOc1ccc(C2c3c(oc4ccc(F)cc4c3=O)C(=O)N2Cc2ccco2)cc1. The third-order valence-electron chi connectivity index (χ3n) is 6.05. The molecule has 5 rings (SSSR count). The van der Waals surface area contributed by atoms with Crippen molar-refractivity contribution >= 4 is 16.9 Å². The van der Waals surface area contributed by atoms with Gasteiger partial charge in [0, 0.05) is 0 Å². The maximum atomic E-state index is 13.9. The lowest BCUT2D eigenvalue weighted by molar-refractivity contribution is 0.0701. The Labute approximate surface area is 195 Å². The van der Waals surface area contributed by atoms with E-state index in [4.69, 9.17) is 13.6 Å². The predicted molar refractivity (Wildman–Crippen MR) is 124 cm³/mol. The lowest BCUT2D eigenvalue weighted by atomic mass is 9.98. The van der Waals surface area contributed by atoms with Crippen LogP contribution in [0.15, 0.2) is 74.5 Å². The van der Waals surface area contributed by atoms with E-state index in [0.717, 1.165) is 36.6 Å². The molecule has 1 unspecified atom stereocenters. The molecule has 4 aromatic rings. The summed E-state index contributed by atoms with van der Waals surface area (Å²) < 4.78 is 31.0. The van der Waals surface area contributed by atoms with Crippen LogP contribution in [0.1, 0.15) is 59.7 Å². The summed E-state index contributed by atoms with van der Waals surface area (Å²) in [6, 6.07) is 13.9. The average molecular weight is 461 g/mol. The third kappa shape index (κ3) is 3.98. The molecule has 2 aromatic heterocycles. The number of hydrogen-bond donors (Lipinski definition) is 0. The van der Waals surface area contributed by atoms with E-state index in [-0.39, 0.29) is 28.8 Å². The summed E-state index contributed by atoms with van der Waals surface area (Å²) in [6.07, 6.45) is 4.72. The molecule has 34 heavy (non-hydrogen) atoms. The lowest BCUT2D eigenvalue weighted by Crippen LogP contribution is -2.29. The van der Waals surface area contributed by atoms with Crippen LogP contribution in [0.3, 0.4) is 0 Å². The molecular formula is C27H24FNO5. The first kappa shape index (κ1) is 21.9. The molecule has 174 valence electrons. The van der Waals surface area contributed by atoms with E-state index in [1.807, 2.05) is 24.3 Å². The van der Waals surface area contributed by atoms with Crippen LogP contribution in [0.25, 0.3) is 11.0 Å². The van der Waals surface area contributed by atoms with E-state index >= 15 is 0 Å². The molecular weight excluding hydrogens is 437 g/mol. The smallest absolute Gasteiger partial charge is 0.291 e. The molecule has 1 aliphatic rings. The minimum Gasteiger partial charge on any atom is -0.494 e. The minimum absolute atomic E-state index is 0.0273. The molecule has 3 heterocycles. The molecule has 6 nitrogen and oxygen atoms in total. The van der Waals surface area contributed by atoms with Gasteiger partial charge in [-0.3, -0.25) is 9.59 Å². The van der Waals surface area contributed by atoms with Gasteiger partial charge in [-0.2, -0.15) is 0 Å². The van der Waals surface area contributed by atoms with Crippen LogP contribution in [-0.4, -0.2) is 17.4 Å². The Morgan fingerprint density at radius 2 is 1.88 bits per heavy atom. The number of carbonyl (C=O) groups is 1. The first-order valence-electron chi connectivity index (χ1n) is 11.4. The molecule has 1 atom stereocenters. The van der Waals surface area contributed by atoms with Crippen LogP contribution in [0.2, 0.25) is 0 Å². The molecule has 0 bridgehead atoms. The van der Waals surface area contributed by atoms with Gasteiger partial charge >= 0.3 is 0 Å². The van der Waals surface area contributed by atoms with Crippen LogP contribution in [0.4, 0.5) is 4.39 Å². The highest BCUT2D eigenvalue weighted by molar-refractivity contribution is 5.99. The van der Waals surface area contributed by atoms with Gasteiger partial charge in [0.05, 0.1) is 36.4 Å². The molecule has 0 saturated heterocycles. The van der Waals surface area contributed by atoms with Crippen molar-refractivity contribution in [2.24, 2.45) is 0 Å². The second-order valence-electron chi connectivity index (χ2n) is 8.35. The first-order chi connectivity index (χ1) is 16.6. The zero-order valence-electron chi connectivity index (χ0n) is 18.8. The normalized spacial score (nSPS) is 15.2. The highest BCUT2D eigenvalue weighted by atomic mass is 19.1. The Bertz CT molecular complexity index is 1370. The summed E-state index contributed by atoms with van der Waals surface area (Å²) in [5, 5.41) is 0.104. The summed E-state index contributed by atoms with van der Waals surface area (Å²) in [5.41, 5.74) is 0.678. The van der Waals surface area contributed by atoms with Gasteiger partial charge in [-0.25, -0.2) is 4.39 Å². The molecule has 1 aliphatic heterocycles. The minimum atomic E-state index is -0.703. The number of halogens is 1. The van der Waals surface area contributed by atoms with E-state index in [1.54, 1.807) is 17.0 Å². The number of carbonyl (C=O) groups excluding carboxylic acids is 1. The first-order valence-corrected chi connectivity index (χ1v) is 11.4. The molecule has 0 spiro atoms. The van der Waals surface area contributed by atoms with Crippen LogP contribution in [-0.2, 0) is 6.54 Å². The number of amides is 1. The third-order valence-corrected chi connectivity index (χ3v) is 6.05. The molecule has 0 radical (unpaired) electrons. The number of fused-ring (bicyclic) bond motifs is 2. The van der Waals surface area contributed by atoms with Crippen molar-refractivity contribution < 1.29 is 22.8 Å². The maximum absolute atomic E-state index is 13.9. The molecule has 0 aliphatic carbocycles. The van der Waals surface area contributed by atoms with Crippen LogP contribution >= 0.6 is 0 Å². The Kier molecular flexibility index (Phi) is 5.92. The van der Waals surface area contributed by atoms with E-state index in [0.29, 0.717) is 12.4 Å². The number of hydrogen-bond acceptors (Lipinski definition) is 5. The van der Waals surface area contributed by atoms with Gasteiger partial charge in [-0.1, -0.05) is 31.9 Å². The summed E-state index contributed by atoms with van der Waals surface area (Å²) in [7, 11) is 0. The number of ether oxygens (including phenoxy) is 1. The van der Waals surface area contributed by atoms with Crippen molar-refractivity contribution in [3.63, 3.8) is 0 Å². The zero-order valence-corrected chi connectivity index (χ0v) is 18.8. The number of unbranched alkanes of at least 4 members (excludes halogenated alkanes) is 2. The van der Waals surface area contributed by atoms with E-state index in [2.05, 4.69) is 6.92 Å². The van der Waals surface area contributed by atoms with Gasteiger partial charge < -0.3 is 18.5 Å². The van der Waals surface area contributed by atoms with Crippen LogP contribution < -0.4 is 10.2 Å². The fourth-order valence-electron chi connectivity index (χ4n) is 4.36. The molecule has 2 aromatic carbocycles. The largest absolute Gasteiger partial charge is 0.494 e. The average Bonchev–Trinajstić information content (AvgIpc) is 3.45. The highest BCUT2D eigenvalue weighted by Crippen LogP contribution is 2.39. The molecule has 7 heteroatoms. The fraction of sp³-hybridized carbons (Fsp3) is 0.259. The van der Waals surface area contributed by atoms with E-state index in [9.17, 15) is 14.0 Å². The Balaban J connectivity index is 1.57. The number of benzene rings is 2. The van der Waals surface area contributed by atoms with Crippen molar-refractivity contribution in [1.82, 2.24) is 4.90 Å². The quantitative estimate of drug-likeness (QED) is 0.308. The van der Waals surface area contributed by atoms with Gasteiger partial charge in [0.25, 0.3) is 5.91 Å². The van der Waals surface area contributed by atoms with Crippen molar-refractivity contribution in [2.75, 3.05) is 6.61 Å². The van der Waals surface area contributed by atoms with E-state index in [1.165, 1.54) is 18.4 Å². The van der Waals surface area contributed by atoms with Gasteiger partial charge in [0.1, 0.15) is 22.9 Å². The van der Waals surface area contributed by atoms with Crippen LogP contribution in [0.5, 0.6) is 5.75 Å². The Morgan fingerprint density at radius 3 is 2.62 bits per heavy atom. The number of nitrogens with zero attached hydrogens (tertiary/aromatic N) is 1. The van der Waals surface area contributed by atoms with Crippen molar-refractivity contribution in [3.05, 3.63) is 99.5 Å². The van der Waals surface area contributed by atoms with Gasteiger partial charge in [0.15, 0.2) is 5.43 Å².